The number of nitrogens with one attached hydrogen (secondary N) is 1. The lowest BCUT2D eigenvalue weighted by Gasteiger charge is -2.28. The molecule has 0 unspecified atom stereocenters. The van der Waals surface area contributed by atoms with E-state index >= 15 is 0 Å². The van der Waals surface area contributed by atoms with Crippen molar-refractivity contribution in [2.24, 2.45) is 0 Å². The molecule has 0 aliphatic carbocycles. The van der Waals surface area contributed by atoms with Gasteiger partial charge >= 0.3 is 0 Å². The van der Waals surface area contributed by atoms with Crippen molar-refractivity contribution in [2.75, 3.05) is 21.9 Å². The number of hydrogen-bond acceptors (Lipinski definition) is 3. The molecule has 1 aliphatic rings. The number of hydrogen-bond donors (Lipinski definition) is 1. The Bertz CT molecular complexity index is 853. The molecule has 1 N–H and O–H groups in total. The molecule has 1 heterocycles. The molecule has 2 aromatic carbocycles. The van der Waals surface area contributed by atoms with Gasteiger partial charge in [0.2, 0.25) is 10.0 Å². The van der Waals surface area contributed by atoms with Gasteiger partial charge in [0, 0.05) is 12.2 Å². The first-order valence-electron chi connectivity index (χ1n) is 7.64. The highest BCUT2D eigenvalue weighted by Gasteiger charge is 2.27. The van der Waals surface area contributed by atoms with E-state index < -0.39 is 10.0 Å². The van der Waals surface area contributed by atoms with E-state index in [1.54, 1.807) is 24.3 Å². The molecular weight excluding hydrogens is 348 g/mol. The van der Waals surface area contributed by atoms with Crippen LogP contribution in [-0.2, 0) is 10.0 Å². The Balaban J connectivity index is 1.90. The first-order chi connectivity index (χ1) is 11.5. The van der Waals surface area contributed by atoms with Crippen LogP contribution in [0.25, 0.3) is 0 Å². The Labute approximate surface area is 146 Å². The van der Waals surface area contributed by atoms with E-state index in [2.05, 4.69) is 5.32 Å². The van der Waals surface area contributed by atoms with E-state index in [0.29, 0.717) is 24.3 Å². The predicted octanol–water partition coefficient (Wildman–Crippen LogP) is 3.52. The molecule has 2 aromatic rings. The maximum Gasteiger partial charge on any atom is 0.257 e. The summed E-state index contributed by atoms with van der Waals surface area (Å²) in [7, 11) is -3.33. The number of halogens is 1. The van der Waals surface area contributed by atoms with Crippen LogP contribution in [0.15, 0.2) is 48.5 Å². The highest BCUT2D eigenvalue weighted by Crippen LogP contribution is 2.28. The van der Waals surface area contributed by atoms with Crippen molar-refractivity contribution < 1.29 is 13.2 Å². The smallest absolute Gasteiger partial charge is 0.257 e. The monoisotopic (exact) mass is 364 g/mol. The van der Waals surface area contributed by atoms with Gasteiger partial charge in [0.05, 0.1) is 22.0 Å². The summed E-state index contributed by atoms with van der Waals surface area (Å²) in [6.45, 7) is 0.420. The minimum absolute atomic E-state index is 0.126. The SMILES string of the molecule is O=C(Nc1ccccc1)c1cc(N2CCCCS2(=O)=O)ccc1Cl. The number of carbonyl (C=O) groups is 1. The average Bonchev–Trinajstić information content (AvgIpc) is 2.56. The number of sulfonamides is 1. The first kappa shape index (κ1) is 16.8. The minimum Gasteiger partial charge on any atom is -0.322 e. The number of para-hydroxylation sites is 1. The lowest BCUT2D eigenvalue weighted by molar-refractivity contribution is 0.102. The maximum absolute atomic E-state index is 12.5. The van der Waals surface area contributed by atoms with Gasteiger partial charge in [-0.05, 0) is 43.2 Å². The number of rotatable bonds is 3. The zero-order valence-corrected chi connectivity index (χ0v) is 14.5. The summed E-state index contributed by atoms with van der Waals surface area (Å²) in [5, 5.41) is 3.04. The molecule has 5 nitrogen and oxygen atoms in total. The van der Waals surface area contributed by atoms with E-state index in [1.165, 1.54) is 10.4 Å². The van der Waals surface area contributed by atoms with Gasteiger partial charge in [-0.25, -0.2) is 8.42 Å². The largest absolute Gasteiger partial charge is 0.322 e. The minimum atomic E-state index is -3.33. The number of nitrogens with zero attached hydrogens (tertiary/aromatic N) is 1. The summed E-state index contributed by atoms with van der Waals surface area (Å²) in [6, 6.07) is 13.7. The van der Waals surface area contributed by atoms with E-state index in [0.717, 1.165) is 6.42 Å². The highest BCUT2D eigenvalue weighted by atomic mass is 35.5. The van der Waals surface area contributed by atoms with Gasteiger partial charge in [-0.2, -0.15) is 0 Å². The topological polar surface area (TPSA) is 66.5 Å². The molecule has 0 bridgehead atoms. The van der Waals surface area contributed by atoms with Gasteiger partial charge in [-0.1, -0.05) is 29.8 Å². The van der Waals surface area contributed by atoms with Crippen molar-refractivity contribution in [1.82, 2.24) is 0 Å². The molecule has 3 rings (SSSR count). The number of amides is 1. The molecular formula is C17H17ClN2O3S. The molecule has 24 heavy (non-hydrogen) atoms. The predicted molar refractivity (Wildman–Crippen MR) is 96.2 cm³/mol. The molecule has 1 fully saturated rings. The van der Waals surface area contributed by atoms with E-state index in [1.807, 2.05) is 18.2 Å². The van der Waals surface area contributed by atoms with Crippen LogP contribution in [0.3, 0.4) is 0 Å². The summed E-state index contributed by atoms with van der Waals surface area (Å²) in [5.74, 6) is -0.247. The van der Waals surface area contributed by atoms with Crippen LogP contribution in [0.4, 0.5) is 11.4 Å². The van der Waals surface area contributed by atoms with Crippen molar-refractivity contribution in [3.05, 3.63) is 59.1 Å². The summed E-state index contributed by atoms with van der Waals surface area (Å²) >= 11 is 6.14. The van der Waals surface area contributed by atoms with Crippen LogP contribution in [0, 0.1) is 0 Å². The second-order valence-corrected chi connectivity index (χ2v) is 8.00. The van der Waals surface area contributed by atoms with Crippen molar-refractivity contribution in [3.63, 3.8) is 0 Å². The van der Waals surface area contributed by atoms with Gasteiger partial charge in [-0.15, -0.1) is 0 Å². The fourth-order valence-electron chi connectivity index (χ4n) is 2.64. The first-order valence-corrected chi connectivity index (χ1v) is 9.62. The maximum atomic E-state index is 12.5. The Morgan fingerprint density at radius 1 is 1.08 bits per heavy atom. The van der Waals surface area contributed by atoms with E-state index in [-0.39, 0.29) is 22.2 Å². The van der Waals surface area contributed by atoms with Gasteiger partial charge < -0.3 is 5.32 Å². The third kappa shape index (κ3) is 3.55. The van der Waals surface area contributed by atoms with Crippen LogP contribution in [0.1, 0.15) is 23.2 Å². The molecule has 0 saturated carbocycles. The third-order valence-corrected chi connectivity index (χ3v) is 6.06. The van der Waals surface area contributed by atoms with Gasteiger partial charge in [0.1, 0.15) is 0 Å². The summed E-state index contributed by atoms with van der Waals surface area (Å²) < 4.78 is 25.8. The molecule has 0 aromatic heterocycles. The lowest BCUT2D eigenvalue weighted by Crippen LogP contribution is -2.38. The van der Waals surface area contributed by atoms with Gasteiger partial charge in [0.25, 0.3) is 5.91 Å². The molecule has 1 aliphatic heterocycles. The van der Waals surface area contributed by atoms with Crippen LogP contribution < -0.4 is 9.62 Å². The molecule has 0 radical (unpaired) electrons. The van der Waals surface area contributed by atoms with Crippen molar-refractivity contribution >= 4 is 38.9 Å². The van der Waals surface area contributed by atoms with Crippen LogP contribution >= 0.6 is 11.6 Å². The summed E-state index contributed by atoms with van der Waals surface area (Å²) in [4.78, 5) is 12.5. The fraction of sp³-hybridized carbons (Fsp3) is 0.235. The Morgan fingerprint density at radius 3 is 2.54 bits per heavy atom. The fourth-order valence-corrected chi connectivity index (χ4v) is 4.48. The molecule has 1 amide bonds. The lowest BCUT2D eigenvalue weighted by atomic mass is 10.1. The Kier molecular flexibility index (Phi) is 4.78. The second-order valence-electron chi connectivity index (χ2n) is 5.58. The van der Waals surface area contributed by atoms with Crippen molar-refractivity contribution in [2.45, 2.75) is 12.8 Å². The van der Waals surface area contributed by atoms with Gasteiger partial charge in [0.15, 0.2) is 0 Å². The van der Waals surface area contributed by atoms with E-state index in [4.69, 9.17) is 11.6 Å². The average molecular weight is 365 g/mol. The van der Waals surface area contributed by atoms with E-state index in [9.17, 15) is 13.2 Å². The number of anilines is 2. The molecule has 0 atom stereocenters. The van der Waals surface area contributed by atoms with Crippen LogP contribution in [-0.4, -0.2) is 26.6 Å². The standard InChI is InChI=1S/C17H17ClN2O3S/c18-16-9-8-14(20-10-4-5-11-24(20,22)23)12-15(16)17(21)19-13-6-2-1-3-7-13/h1-3,6-9,12H,4-5,10-11H2,(H,19,21). The van der Waals surface area contributed by atoms with Crippen molar-refractivity contribution in [1.29, 1.82) is 0 Å². The number of benzene rings is 2. The number of carbonyl (C=O) groups excluding carboxylic acids is 1. The summed E-state index contributed by atoms with van der Waals surface area (Å²) in [6.07, 6.45) is 1.46. The van der Waals surface area contributed by atoms with Crippen molar-refractivity contribution in [3.8, 4) is 0 Å². The summed E-state index contributed by atoms with van der Waals surface area (Å²) in [5.41, 5.74) is 1.37. The van der Waals surface area contributed by atoms with Crippen LogP contribution in [0.2, 0.25) is 5.02 Å². The highest BCUT2D eigenvalue weighted by molar-refractivity contribution is 7.92. The third-order valence-electron chi connectivity index (χ3n) is 3.86. The Morgan fingerprint density at radius 2 is 1.83 bits per heavy atom. The Hall–Kier alpha value is -2.05. The second kappa shape index (κ2) is 6.83. The zero-order chi connectivity index (χ0) is 17.2. The van der Waals surface area contributed by atoms with Crippen LogP contribution in [0.5, 0.6) is 0 Å². The van der Waals surface area contributed by atoms with Gasteiger partial charge in [-0.3, -0.25) is 9.10 Å². The normalized spacial score (nSPS) is 16.6. The zero-order valence-electron chi connectivity index (χ0n) is 12.9. The molecule has 126 valence electrons. The molecule has 1 saturated heterocycles. The molecule has 7 heteroatoms. The quantitative estimate of drug-likeness (QED) is 0.906. The molecule has 0 spiro atoms.